The van der Waals surface area contributed by atoms with Crippen molar-refractivity contribution in [3.05, 3.63) is 42.2 Å². The minimum atomic E-state index is -0.623. The fourth-order valence-corrected chi connectivity index (χ4v) is 3.11. The number of nitrogens with zero attached hydrogens (tertiary/aromatic N) is 4. The Balaban J connectivity index is 1.78. The van der Waals surface area contributed by atoms with Crippen LogP contribution in [0.5, 0.6) is 0 Å². The van der Waals surface area contributed by atoms with Gasteiger partial charge in [-0.05, 0) is 25.0 Å². The first-order chi connectivity index (χ1) is 11.3. The minimum Gasteiger partial charge on any atom is -0.467 e. The van der Waals surface area contributed by atoms with Gasteiger partial charge in [-0.25, -0.2) is 9.97 Å². The molecule has 3 heterocycles. The number of nitriles is 1. The van der Waals surface area contributed by atoms with Crippen molar-refractivity contribution >= 4 is 5.82 Å². The summed E-state index contributed by atoms with van der Waals surface area (Å²) in [7, 11) is 0. The van der Waals surface area contributed by atoms with E-state index < -0.39 is 6.10 Å². The number of hydrogen-bond donors (Lipinski definition) is 1. The van der Waals surface area contributed by atoms with E-state index in [2.05, 4.69) is 14.9 Å². The fraction of sp³-hybridized carbons (Fsp3) is 0.471. The topological polar surface area (TPSA) is 86.2 Å². The van der Waals surface area contributed by atoms with E-state index >= 15 is 0 Å². The van der Waals surface area contributed by atoms with Crippen LogP contribution in [0.3, 0.4) is 0 Å². The molecule has 1 aliphatic heterocycles. The average Bonchev–Trinajstić information content (AvgIpc) is 3.03. The average molecular weight is 312 g/mol. The molecule has 2 aromatic heterocycles. The number of aromatic nitrogens is 2. The first kappa shape index (κ1) is 15.5. The zero-order valence-corrected chi connectivity index (χ0v) is 12.9. The third kappa shape index (κ3) is 3.69. The number of furan rings is 1. The zero-order valence-electron chi connectivity index (χ0n) is 12.9. The molecule has 3 rings (SSSR count). The van der Waals surface area contributed by atoms with Crippen LogP contribution in [-0.4, -0.2) is 27.7 Å². The maximum absolute atomic E-state index is 10.4. The number of aliphatic hydroxyl groups is 1. The highest BCUT2D eigenvalue weighted by atomic mass is 16.4. The Morgan fingerprint density at radius 3 is 2.96 bits per heavy atom. The van der Waals surface area contributed by atoms with Gasteiger partial charge in [0.15, 0.2) is 5.69 Å². The molecule has 1 aliphatic rings. The molecule has 0 aliphatic carbocycles. The van der Waals surface area contributed by atoms with Crippen LogP contribution in [0, 0.1) is 11.3 Å². The van der Waals surface area contributed by atoms with E-state index in [0.717, 1.165) is 31.6 Å². The van der Waals surface area contributed by atoms with Crippen molar-refractivity contribution in [2.45, 2.75) is 44.2 Å². The predicted molar refractivity (Wildman–Crippen MR) is 84.6 cm³/mol. The Morgan fingerprint density at radius 1 is 1.35 bits per heavy atom. The summed E-state index contributed by atoms with van der Waals surface area (Å²) in [6.07, 6.45) is 9.10. The van der Waals surface area contributed by atoms with Crippen molar-refractivity contribution in [1.82, 2.24) is 9.97 Å². The van der Waals surface area contributed by atoms with Gasteiger partial charge in [0, 0.05) is 19.0 Å². The van der Waals surface area contributed by atoms with Gasteiger partial charge in [0.05, 0.1) is 18.7 Å². The van der Waals surface area contributed by atoms with Crippen LogP contribution in [0.25, 0.3) is 0 Å². The van der Waals surface area contributed by atoms with E-state index in [9.17, 15) is 5.11 Å². The van der Waals surface area contributed by atoms with Crippen molar-refractivity contribution in [2.75, 3.05) is 11.4 Å². The molecule has 0 saturated carbocycles. The highest BCUT2D eigenvalue weighted by Gasteiger charge is 2.26. The Hall–Kier alpha value is -2.39. The zero-order chi connectivity index (χ0) is 16.1. The molecule has 23 heavy (non-hydrogen) atoms. The van der Waals surface area contributed by atoms with Gasteiger partial charge in [-0.15, -0.1) is 0 Å². The molecule has 0 radical (unpaired) electrons. The van der Waals surface area contributed by atoms with E-state index in [-0.39, 0.29) is 6.04 Å². The lowest BCUT2D eigenvalue weighted by atomic mass is 10.0. The molecule has 0 bridgehead atoms. The second-order valence-corrected chi connectivity index (χ2v) is 5.84. The monoisotopic (exact) mass is 312 g/mol. The standard InChI is InChI=1S/C17H20N4O2/c18-10-13-11-20-17(12-19-13)21-7-3-1-2-5-14(21)9-15(22)16-6-4-8-23-16/h4,6,8,11-12,14-15,22H,1-3,5,7,9H2/t14-,15+/m1/s1. The lowest BCUT2D eigenvalue weighted by Crippen LogP contribution is -2.36. The Kier molecular flexibility index (Phi) is 4.89. The van der Waals surface area contributed by atoms with Gasteiger partial charge in [-0.2, -0.15) is 5.26 Å². The number of anilines is 1. The van der Waals surface area contributed by atoms with Gasteiger partial charge < -0.3 is 14.4 Å². The van der Waals surface area contributed by atoms with Gasteiger partial charge in [0.1, 0.15) is 23.8 Å². The van der Waals surface area contributed by atoms with Crippen LogP contribution in [0.2, 0.25) is 0 Å². The first-order valence-electron chi connectivity index (χ1n) is 7.98. The minimum absolute atomic E-state index is 0.180. The largest absolute Gasteiger partial charge is 0.467 e. The molecular formula is C17H20N4O2. The molecule has 1 N–H and O–H groups in total. The Morgan fingerprint density at radius 2 is 2.26 bits per heavy atom. The quantitative estimate of drug-likeness (QED) is 0.934. The van der Waals surface area contributed by atoms with E-state index in [4.69, 9.17) is 9.68 Å². The maximum Gasteiger partial charge on any atom is 0.158 e. The highest BCUT2D eigenvalue weighted by molar-refractivity contribution is 5.39. The van der Waals surface area contributed by atoms with Gasteiger partial charge in [-0.3, -0.25) is 0 Å². The number of rotatable bonds is 4. The van der Waals surface area contributed by atoms with Crippen molar-refractivity contribution in [3.8, 4) is 6.07 Å². The summed E-state index contributed by atoms with van der Waals surface area (Å²) in [4.78, 5) is 10.7. The second kappa shape index (κ2) is 7.25. The molecule has 0 unspecified atom stereocenters. The summed E-state index contributed by atoms with van der Waals surface area (Å²) in [5.74, 6) is 1.36. The molecule has 6 nitrogen and oxygen atoms in total. The lowest BCUT2D eigenvalue weighted by molar-refractivity contribution is 0.129. The Labute approximate surface area is 135 Å². The van der Waals surface area contributed by atoms with Crippen molar-refractivity contribution in [1.29, 1.82) is 5.26 Å². The Bertz CT molecular complexity index is 648. The highest BCUT2D eigenvalue weighted by Crippen LogP contribution is 2.29. The SMILES string of the molecule is N#Cc1cnc(N2CCCCC[C@@H]2C[C@H](O)c2ccco2)cn1. The summed E-state index contributed by atoms with van der Waals surface area (Å²) < 4.78 is 5.31. The summed E-state index contributed by atoms with van der Waals surface area (Å²) >= 11 is 0. The summed E-state index contributed by atoms with van der Waals surface area (Å²) in [6.45, 7) is 0.885. The normalized spacial score (nSPS) is 19.8. The van der Waals surface area contributed by atoms with Gasteiger partial charge >= 0.3 is 0 Å². The predicted octanol–water partition coefficient (Wildman–Crippen LogP) is 2.81. The first-order valence-corrected chi connectivity index (χ1v) is 7.98. The van der Waals surface area contributed by atoms with E-state index in [0.29, 0.717) is 17.9 Å². The van der Waals surface area contributed by atoms with E-state index in [1.54, 1.807) is 24.6 Å². The molecule has 1 fully saturated rings. The van der Waals surface area contributed by atoms with Crippen molar-refractivity contribution in [3.63, 3.8) is 0 Å². The molecule has 1 saturated heterocycles. The number of hydrogen-bond acceptors (Lipinski definition) is 6. The van der Waals surface area contributed by atoms with Crippen molar-refractivity contribution < 1.29 is 9.52 Å². The lowest BCUT2D eigenvalue weighted by Gasteiger charge is -2.32. The molecule has 0 amide bonds. The van der Waals surface area contributed by atoms with E-state index in [1.807, 2.05) is 6.07 Å². The second-order valence-electron chi connectivity index (χ2n) is 5.84. The molecule has 0 spiro atoms. The summed E-state index contributed by atoms with van der Waals surface area (Å²) in [5.41, 5.74) is 0.316. The smallest absolute Gasteiger partial charge is 0.158 e. The van der Waals surface area contributed by atoms with Crippen molar-refractivity contribution in [2.24, 2.45) is 0 Å². The molecule has 2 atom stereocenters. The van der Waals surface area contributed by atoms with Crippen LogP contribution in [0.1, 0.15) is 49.7 Å². The van der Waals surface area contributed by atoms with Crippen LogP contribution < -0.4 is 4.90 Å². The van der Waals surface area contributed by atoms with Gasteiger partial charge in [-0.1, -0.05) is 12.8 Å². The van der Waals surface area contributed by atoms with E-state index in [1.165, 1.54) is 12.6 Å². The van der Waals surface area contributed by atoms with Gasteiger partial charge in [0.2, 0.25) is 0 Å². The summed E-state index contributed by atoms with van der Waals surface area (Å²) in [6, 6.07) is 5.75. The number of aliphatic hydroxyl groups excluding tert-OH is 1. The summed E-state index contributed by atoms with van der Waals surface area (Å²) in [5, 5.41) is 19.3. The van der Waals surface area contributed by atoms with Crippen LogP contribution in [0.4, 0.5) is 5.82 Å². The molecular weight excluding hydrogens is 292 g/mol. The van der Waals surface area contributed by atoms with Crippen LogP contribution >= 0.6 is 0 Å². The fourth-order valence-electron chi connectivity index (χ4n) is 3.11. The van der Waals surface area contributed by atoms with Crippen LogP contribution in [0.15, 0.2) is 35.2 Å². The third-order valence-electron chi connectivity index (χ3n) is 4.29. The third-order valence-corrected chi connectivity index (χ3v) is 4.29. The maximum atomic E-state index is 10.4. The molecule has 0 aromatic carbocycles. The van der Waals surface area contributed by atoms with Gasteiger partial charge in [0.25, 0.3) is 0 Å². The molecule has 2 aromatic rings. The molecule has 6 heteroatoms. The van der Waals surface area contributed by atoms with Crippen LogP contribution in [-0.2, 0) is 0 Å². The molecule has 120 valence electrons.